The molecule has 0 bridgehead atoms. The first-order valence-electron chi connectivity index (χ1n) is 8.64. The quantitative estimate of drug-likeness (QED) is 0.644. The Kier molecular flexibility index (Phi) is 12.4. The van der Waals surface area contributed by atoms with Gasteiger partial charge in [-0.1, -0.05) is 69.2 Å². The van der Waals surface area contributed by atoms with Gasteiger partial charge in [0.1, 0.15) is 0 Å². The molecular formula is C20H38FeO4. The number of carboxylic acid groups (broad SMARTS) is 2. The molecule has 0 fully saturated rings. The molecule has 0 N–H and O–H groups in total. The van der Waals surface area contributed by atoms with Gasteiger partial charge in [-0.15, -0.1) is 0 Å². The van der Waals surface area contributed by atoms with E-state index in [4.69, 9.17) is 0 Å². The van der Waals surface area contributed by atoms with E-state index in [2.05, 4.69) is 41.5 Å². The molecule has 0 amide bonds. The molecule has 0 spiro atoms. The number of carbonyl (C=O) groups excluding carboxylic acids is 2. The summed E-state index contributed by atoms with van der Waals surface area (Å²) in [6, 6.07) is 0. The maximum atomic E-state index is 10.4. The monoisotopic (exact) mass is 398 g/mol. The number of aliphatic carboxylic acids is 2. The number of hydrogen-bond acceptors (Lipinski definition) is 4. The first kappa shape index (κ1) is 29.2. The van der Waals surface area contributed by atoms with Crippen molar-refractivity contribution in [3.8, 4) is 0 Å². The number of carbonyl (C=O) groups is 2. The third-order valence-corrected chi connectivity index (χ3v) is 3.26. The molecule has 0 heterocycles. The van der Waals surface area contributed by atoms with Crippen molar-refractivity contribution < 1.29 is 36.9 Å². The predicted octanol–water partition coefficient (Wildman–Crippen LogP) is 3.18. The minimum absolute atomic E-state index is 0. The Labute approximate surface area is 165 Å². The summed E-state index contributed by atoms with van der Waals surface area (Å²) in [6.07, 6.45) is 2.08. The van der Waals surface area contributed by atoms with E-state index in [1.54, 1.807) is 0 Å². The molecule has 0 radical (unpaired) electrons. The van der Waals surface area contributed by atoms with Crippen LogP contribution in [0, 0.1) is 21.7 Å². The fourth-order valence-corrected chi connectivity index (χ4v) is 3.78. The second-order valence-corrected chi connectivity index (χ2v) is 10.9. The van der Waals surface area contributed by atoms with Crippen molar-refractivity contribution in [1.82, 2.24) is 0 Å². The average molecular weight is 398 g/mol. The minimum Gasteiger partial charge on any atom is -0.550 e. The Hall–Kier alpha value is -0.541. The van der Waals surface area contributed by atoms with Crippen LogP contribution in [0.2, 0.25) is 0 Å². The van der Waals surface area contributed by atoms with Gasteiger partial charge < -0.3 is 19.8 Å². The molecule has 0 saturated heterocycles. The molecule has 0 unspecified atom stereocenters. The van der Waals surface area contributed by atoms with Crippen molar-refractivity contribution in [2.45, 2.75) is 94.9 Å². The molecule has 5 heteroatoms. The van der Waals surface area contributed by atoms with Crippen LogP contribution in [0.3, 0.4) is 0 Å². The van der Waals surface area contributed by atoms with E-state index in [0.29, 0.717) is 0 Å². The summed E-state index contributed by atoms with van der Waals surface area (Å²) in [7, 11) is 0. The van der Waals surface area contributed by atoms with E-state index < -0.39 is 11.9 Å². The van der Waals surface area contributed by atoms with Gasteiger partial charge in [-0.05, 0) is 47.3 Å². The van der Waals surface area contributed by atoms with Gasteiger partial charge in [0.2, 0.25) is 0 Å². The summed E-state index contributed by atoms with van der Waals surface area (Å²) >= 11 is 0. The smallest absolute Gasteiger partial charge is 0.550 e. The predicted molar refractivity (Wildman–Crippen MR) is 95.0 cm³/mol. The summed E-state index contributed by atoms with van der Waals surface area (Å²) in [5, 5.41) is 20.8. The molecular weight excluding hydrogens is 360 g/mol. The van der Waals surface area contributed by atoms with Crippen molar-refractivity contribution in [3.05, 3.63) is 0 Å². The van der Waals surface area contributed by atoms with E-state index in [0.717, 1.165) is 12.8 Å². The van der Waals surface area contributed by atoms with Crippen molar-refractivity contribution in [3.63, 3.8) is 0 Å². The van der Waals surface area contributed by atoms with Crippen LogP contribution >= 0.6 is 0 Å². The normalized spacial score (nSPS) is 12.6. The fourth-order valence-electron chi connectivity index (χ4n) is 3.78. The molecule has 0 aliphatic heterocycles. The first-order chi connectivity index (χ1) is 10.2. The van der Waals surface area contributed by atoms with Crippen LogP contribution < -0.4 is 10.2 Å². The summed E-state index contributed by atoms with van der Waals surface area (Å²) in [5.41, 5.74) is 0.0477. The number of hydrogen-bond donors (Lipinski definition) is 0. The fraction of sp³-hybridized carbons (Fsp3) is 0.900. The first-order valence-corrected chi connectivity index (χ1v) is 8.64. The third kappa shape index (κ3) is 23.5. The largest absolute Gasteiger partial charge is 2.00 e. The standard InChI is InChI=1S/2C10H20O2.Fe/c2*1-9(2,3)7-10(4,5)6-8(11)12;/h2*6-7H2,1-5H3,(H,11,12);/q;;+2/p-2. The van der Waals surface area contributed by atoms with Gasteiger partial charge in [-0.2, -0.15) is 0 Å². The van der Waals surface area contributed by atoms with Gasteiger partial charge in [0.05, 0.1) is 0 Å². The molecule has 0 saturated carbocycles. The molecule has 0 aromatic carbocycles. The Morgan fingerprint density at radius 1 is 0.600 bits per heavy atom. The Morgan fingerprint density at radius 3 is 0.920 bits per heavy atom. The SMILES string of the molecule is CC(C)(C)CC(C)(C)CC(=O)[O-].CC(C)(C)CC(C)(C)CC(=O)[O-].[Fe+2]. The van der Waals surface area contributed by atoms with Crippen molar-refractivity contribution in [2.75, 3.05) is 0 Å². The molecule has 0 atom stereocenters. The maximum Gasteiger partial charge on any atom is 2.00 e. The van der Waals surface area contributed by atoms with Gasteiger partial charge >= 0.3 is 17.1 Å². The zero-order chi connectivity index (χ0) is 20.0. The number of rotatable bonds is 6. The molecule has 4 nitrogen and oxygen atoms in total. The molecule has 0 aromatic rings. The average Bonchev–Trinajstić information content (AvgIpc) is 2.02. The van der Waals surface area contributed by atoms with E-state index in [-0.39, 0.29) is 51.6 Å². The van der Waals surface area contributed by atoms with Crippen LogP contribution in [0.4, 0.5) is 0 Å². The Morgan fingerprint density at radius 2 is 0.800 bits per heavy atom. The minimum atomic E-state index is -0.954. The number of carboxylic acids is 2. The van der Waals surface area contributed by atoms with Crippen LogP contribution in [-0.4, -0.2) is 11.9 Å². The summed E-state index contributed by atoms with van der Waals surface area (Å²) in [6.45, 7) is 20.6. The zero-order valence-electron chi connectivity index (χ0n) is 17.8. The van der Waals surface area contributed by atoms with Crippen LogP contribution in [0.1, 0.15) is 94.9 Å². The summed E-state index contributed by atoms with van der Waals surface area (Å²) in [4.78, 5) is 20.8. The molecule has 0 rings (SSSR count). The topological polar surface area (TPSA) is 80.3 Å². The van der Waals surface area contributed by atoms with E-state index in [1.165, 1.54) is 0 Å². The van der Waals surface area contributed by atoms with Gasteiger partial charge in [-0.3, -0.25) is 0 Å². The second-order valence-electron chi connectivity index (χ2n) is 10.9. The van der Waals surface area contributed by atoms with E-state index >= 15 is 0 Å². The third-order valence-electron chi connectivity index (χ3n) is 3.26. The van der Waals surface area contributed by atoms with Crippen molar-refractivity contribution in [1.29, 1.82) is 0 Å². The van der Waals surface area contributed by atoms with Gasteiger partial charge in [0.15, 0.2) is 0 Å². The van der Waals surface area contributed by atoms with Gasteiger partial charge in [0, 0.05) is 11.9 Å². The Bertz CT molecular complexity index is 372. The van der Waals surface area contributed by atoms with Crippen molar-refractivity contribution in [2.24, 2.45) is 21.7 Å². The summed E-state index contributed by atoms with van der Waals surface area (Å²) in [5.74, 6) is -1.91. The van der Waals surface area contributed by atoms with Crippen LogP contribution in [0.25, 0.3) is 0 Å². The second kappa shape index (κ2) is 10.6. The summed E-state index contributed by atoms with van der Waals surface area (Å²) < 4.78 is 0. The van der Waals surface area contributed by atoms with E-state index in [1.807, 2.05) is 27.7 Å². The molecule has 150 valence electrons. The molecule has 25 heavy (non-hydrogen) atoms. The molecule has 0 aliphatic rings. The van der Waals surface area contributed by atoms with Gasteiger partial charge in [0.25, 0.3) is 0 Å². The van der Waals surface area contributed by atoms with Crippen molar-refractivity contribution >= 4 is 11.9 Å². The molecule has 0 aliphatic carbocycles. The zero-order valence-corrected chi connectivity index (χ0v) is 18.9. The van der Waals surface area contributed by atoms with E-state index in [9.17, 15) is 19.8 Å². The Balaban J connectivity index is -0.000000372. The molecule has 0 aromatic heterocycles. The van der Waals surface area contributed by atoms with Gasteiger partial charge in [-0.25, -0.2) is 0 Å². The van der Waals surface area contributed by atoms with Crippen LogP contribution in [-0.2, 0) is 26.7 Å². The van der Waals surface area contributed by atoms with Crippen LogP contribution in [0.15, 0.2) is 0 Å². The van der Waals surface area contributed by atoms with Crippen LogP contribution in [0.5, 0.6) is 0 Å². The maximum absolute atomic E-state index is 10.4.